The maximum absolute atomic E-state index is 12.8. The molecular weight excluding hydrogens is 375 g/mol. The largest absolute Gasteiger partial charge is 0.372 e. The van der Waals surface area contributed by atoms with E-state index in [2.05, 4.69) is 10.2 Å². The lowest BCUT2D eigenvalue weighted by atomic mass is 10.3. The molecule has 0 N–H and O–H groups in total. The van der Waals surface area contributed by atoms with Gasteiger partial charge in [0.2, 0.25) is 0 Å². The van der Waals surface area contributed by atoms with Gasteiger partial charge in [-0.25, -0.2) is 14.1 Å². The van der Waals surface area contributed by atoms with Crippen LogP contribution in [0.1, 0.15) is 25.9 Å². The van der Waals surface area contributed by atoms with E-state index >= 15 is 0 Å². The maximum atomic E-state index is 12.8. The van der Waals surface area contributed by atoms with Crippen molar-refractivity contribution in [3.63, 3.8) is 0 Å². The van der Waals surface area contributed by atoms with Crippen molar-refractivity contribution in [2.75, 3.05) is 4.90 Å². The normalized spacial score (nSPS) is 13.9. The number of fused-ring (bicyclic) bond motifs is 3. The Morgan fingerprint density at radius 1 is 1.04 bits per heavy atom. The van der Waals surface area contributed by atoms with Crippen LogP contribution in [0.25, 0.3) is 4.83 Å². The number of rotatable bonds is 1. The molecule has 7 nitrogen and oxygen atoms in total. The molecular formula is C14H6Cl2N4O3S. The van der Waals surface area contributed by atoms with Crippen LogP contribution >= 0.6 is 34.5 Å². The van der Waals surface area contributed by atoms with Gasteiger partial charge in [-0.1, -0.05) is 28.3 Å². The van der Waals surface area contributed by atoms with Crippen LogP contribution in [0.4, 0.5) is 5.69 Å². The number of aromatic nitrogens is 3. The van der Waals surface area contributed by atoms with Crippen LogP contribution in [-0.4, -0.2) is 26.4 Å². The Balaban J connectivity index is 1.95. The Morgan fingerprint density at radius 2 is 1.79 bits per heavy atom. The fourth-order valence-corrected chi connectivity index (χ4v) is 3.90. The number of benzene rings is 1. The summed E-state index contributed by atoms with van der Waals surface area (Å²) in [5.41, 5.74) is 0.0396. The van der Waals surface area contributed by atoms with Crippen LogP contribution in [0.2, 0.25) is 10.0 Å². The molecule has 2 aromatic heterocycles. The molecule has 1 aromatic carbocycles. The van der Waals surface area contributed by atoms with E-state index in [-0.39, 0.29) is 21.3 Å². The lowest BCUT2D eigenvalue weighted by Gasteiger charge is -2.14. The molecule has 120 valence electrons. The molecule has 0 saturated carbocycles. The van der Waals surface area contributed by atoms with E-state index in [4.69, 9.17) is 23.2 Å². The van der Waals surface area contributed by atoms with Crippen molar-refractivity contribution in [1.29, 1.82) is 0 Å². The zero-order valence-electron chi connectivity index (χ0n) is 11.9. The van der Waals surface area contributed by atoms with E-state index in [1.807, 2.05) is 0 Å². The minimum Gasteiger partial charge on any atom is -0.267 e. The molecule has 0 fully saturated rings. The van der Waals surface area contributed by atoms with Crippen molar-refractivity contribution in [1.82, 2.24) is 14.6 Å². The van der Waals surface area contributed by atoms with Crippen LogP contribution in [0.5, 0.6) is 0 Å². The van der Waals surface area contributed by atoms with E-state index < -0.39 is 17.5 Å². The molecule has 1 aliphatic rings. The topological polar surface area (TPSA) is 84.6 Å². The van der Waals surface area contributed by atoms with Crippen LogP contribution < -0.4 is 10.6 Å². The van der Waals surface area contributed by atoms with Gasteiger partial charge < -0.3 is 0 Å². The van der Waals surface area contributed by atoms with E-state index in [0.717, 1.165) is 20.6 Å². The van der Waals surface area contributed by atoms with Crippen LogP contribution in [0.15, 0.2) is 23.0 Å². The second-order valence-electron chi connectivity index (χ2n) is 5.03. The smallest absolute Gasteiger partial charge is 0.267 e. The average Bonchev–Trinajstić information content (AvgIpc) is 3.05. The first-order valence-corrected chi connectivity index (χ1v) is 8.20. The first-order chi connectivity index (χ1) is 11.4. The fourth-order valence-electron chi connectivity index (χ4n) is 2.51. The van der Waals surface area contributed by atoms with Crippen molar-refractivity contribution < 1.29 is 9.59 Å². The summed E-state index contributed by atoms with van der Waals surface area (Å²) >= 11 is 12.9. The van der Waals surface area contributed by atoms with Gasteiger partial charge in [0.15, 0.2) is 0 Å². The minimum atomic E-state index is -0.703. The van der Waals surface area contributed by atoms with E-state index in [1.165, 1.54) is 18.2 Å². The van der Waals surface area contributed by atoms with E-state index in [0.29, 0.717) is 15.5 Å². The number of imide groups is 1. The molecule has 0 spiro atoms. The molecule has 4 rings (SSSR count). The molecule has 3 aromatic rings. The van der Waals surface area contributed by atoms with Gasteiger partial charge in [0, 0.05) is 0 Å². The number of halogens is 2. The Labute approximate surface area is 148 Å². The predicted octanol–water partition coefficient (Wildman–Crippen LogP) is 2.57. The summed E-state index contributed by atoms with van der Waals surface area (Å²) in [6, 6.07) is 4.43. The van der Waals surface area contributed by atoms with Gasteiger partial charge in [0.25, 0.3) is 11.8 Å². The average molecular weight is 381 g/mol. The van der Waals surface area contributed by atoms with Crippen LogP contribution in [-0.2, 0) is 0 Å². The summed E-state index contributed by atoms with van der Waals surface area (Å²) in [4.78, 5) is 39.0. The highest BCUT2D eigenvalue weighted by Crippen LogP contribution is 2.36. The molecule has 2 amide bonds. The van der Waals surface area contributed by atoms with Gasteiger partial charge in [-0.3, -0.25) is 9.59 Å². The van der Waals surface area contributed by atoms with Crippen molar-refractivity contribution in [3.05, 3.63) is 55.0 Å². The number of thiazole rings is 1. The molecule has 0 aliphatic carbocycles. The van der Waals surface area contributed by atoms with Gasteiger partial charge in [-0.2, -0.15) is 0 Å². The Morgan fingerprint density at radius 3 is 2.50 bits per heavy atom. The van der Waals surface area contributed by atoms with Crippen LogP contribution in [0.3, 0.4) is 0 Å². The van der Waals surface area contributed by atoms with Crippen LogP contribution in [0, 0.1) is 6.92 Å². The zero-order valence-corrected chi connectivity index (χ0v) is 14.2. The summed E-state index contributed by atoms with van der Waals surface area (Å²) < 4.78 is 1.13. The Bertz CT molecular complexity index is 1120. The second-order valence-corrected chi connectivity index (χ2v) is 6.85. The van der Waals surface area contributed by atoms with E-state index in [1.54, 1.807) is 6.92 Å². The second kappa shape index (κ2) is 5.10. The third-order valence-electron chi connectivity index (χ3n) is 3.59. The summed E-state index contributed by atoms with van der Waals surface area (Å²) in [5, 5.41) is 7.73. The number of amides is 2. The van der Waals surface area contributed by atoms with Gasteiger partial charge in [-0.15, -0.1) is 16.4 Å². The quantitative estimate of drug-likeness (QED) is 0.605. The predicted molar refractivity (Wildman–Crippen MR) is 89.5 cm³/mol. The summed E-state index contributed by atoms with van der Waals surface area (Å²) in [6.45, 7) is 1.65. The molecule has 0 bridgehead atoms. The van der Waals surface area contributed by atoms with Crippen molar-refractivity contribution in [2.45, 2.75) is 6.92 Å². The first-order valence-electron chi connectivity index (χ1n) is 6.63. The Kier molecular flexibility index (Phi) is 3.24. The third-order valence-corrected chi connectivity index (χ3v) is 5.57. The van der Waals surface area contributed by atoms with Crippen molar-refractivity contribution in [3.8, 4) is 0 Å². The van der Waals surface area contributed by atoms with Gasteiger partial charge in [0.05, 0.1) is 21.4 Å². The van der Waals surface area contributed by atoms with Gasteiger partial charge in [0.1, 0.15) is 15.4 Å². The number of nitrogens with zero attached hydrogens (tertiary/aromatic N) is 4. The molecule has 10 heteroatoms. The molecule has 0 unspecified atom stereocenters. The summed E-state index contributed by atoms with van der Waals surface area (Å²) in [7, 11) is 0. The van der Waals surface area contributed by atoms with Crippen molar-refractivity contribution in [2.24, 2.45) is 0 Å². The molecule has 0 radical (unpaired) electrons. The SMILES string of the molecule is Cc1nnc(=O)n2c3c(sc12)C(=O)N(c1ccc(Cl)c(Cl)c1)C3=O. The van der Waals surface area contributed by atoms with Gasteiger partial charge in [-0.05, 0) is 25.1 Å². The highest BCUT2D eigenvalue weighted by molar-refractivity contribution is 7.20. The number of anilines is 1. The summed E-state index contributed by atoms with van der Waals surface area (Å²) in [6.07, 6.45) is 0. The maximum Gasteiger partial charge on any atom is 0.372 e. The molecule has 0 atom stereocenters. The fraction of sp³-hybridized carbons (Fsp3) is 0.0714. The number of carbonyl (C=O) groups excluding carboxylic acids is 2. The zero-order chi connectivity index (χ0) is 17.2. The highest BCUT2D eigenvalue weighted by atomic mass is 35.5. The highest BCUT2D eigenvalue weighted by Gasteiger charge is 2.42. The number of hydrogen-bond acceptors (Lipinski definition) is 6. The molecule has 3 heterocycles. The summed E-state index contributed by atoms with van der Waals surface area (Å²) in [5.74, 6) is -1.14. The first kappa shape index (κ1) is 15.3. The lowest BCUT2D eigenvalue weighted by Crippen LogP contribution is -2.31. The molecule has 0 saturated heterocycles. The number of carbonyl (C=O) groups is 2. The van der Waals surface area contributed by atoms with Crippen molar-refractivity contribution >= 4 is 56.9 Å². The van der Waals surface area contributed by atoms with E-state index in [9.17, 15) is 14.4 Å². The third kappa shape index (κ3) is 1.94. The number of aryl methyl sites for hydroxylation is 1. The number of hydrogen-bond donors (Lipinski definition) is 0. The van der Waals surface area contributed by atoms with Gasteiger partial charge >= 0.3 is 5.69 Å². The minimum absolute atomic E-state index is 0.00549. The Hall–Kier alpha value is -2.29. The monoisotopic (exact) mass is 380 g/mol. The standard InChI is InChI=1S/C14H6Cl2N4O3S/c1-5-13-20(14(23)18-17-5)9-10(24-13)12(22)19(11(9)21)6-2-3-7(15)8(16)4-6/h2-4H,1H3. The molecule has 1 aliphatic heterocycles. The lowest BCUT2D eigenvalue weighted by molar-refractivity contribution is 0.0925. The molecule has 24 heavy (non-hydrogen) atoms.